The number of allylic oxidation sites excluding steroid dienone is 4. The molecule has 0 aliphatic heterocycles. The third-order valence-electron chi connectivity index (χ3n) is 10.1. The molecule has 2 atom stereocenters. The number of fused-ring (bicyclic) bond motifs is 2. The number of aromatic hydroxyl groups is 1. The first-order valence-corrected chi connectivity index (χ1v) is 21.6. The summed E-state index contributed by atoms with van der Waals surface area (Å²) in [6, 6.07) is 1.29. The molecule has 0 aliphatic rings. The van der Waals surface area contributed by atoms with E-state index in [2.05, 4.69) is 20.6 Å². The van der Waals surface area contributed by atoms with Gasteiger partial charge in [0.25, 0.3) is 0 Å². The van der Waals surface area contributed by atoms with Crippen LogP contribution in [0.3, 0.4) is 0 Å². The summed E-state index contributed by atoms with van der Waals surface area (Å²) >= 11 is 0. The number of aliphatic imine (C=N–C) groups is 2. The number of nitrogens with one attached hydrogen (secondary N) is 2. The van der Waals surface area contributed by atoms with Gasteiger partial charge in [0.15, 0.2) is 23.4 Å². The van der Waals surface area contributed by atoms with E-state index in [0.29, 0.717) is 24.0 Å². The minimum Gasteiger partial charge on any atom is -0.507 e. The molecule has 2 aromatic carbocycles. The van der Waals surface area contributed by atoms with Crippen LogP contribution < -0.4 is 53.2 Å². The molecule has 1 aromatic heterocycles. The molecule has 0 saturated carbocycles. The van der Waals surface area contributed by atoms with Crippen molar-refractivity contribution in [1.29, 1.82) is 0 Å². The van der Waals surface area contributed by atoms with E-state index >= 15 is 0 Å². The summed E-state index contributed by atoms with van der Waals surface area (Å²) in [6.07, 6.45) is 6.17. The predicted molar refractivity (Wildman–Crippen MR) is 252 cm³/mol. The highest BCUT2D eigenvalue weighted by molar-refractivity contribution is 5.98. The number of nitrogens with two attached hydrogens (primary N) is 4. The zero-order valence-electron chi connectivity index (χ0n) is 39.0. The van der Waals surface area contributed by atoms with E-state index in [1.807, 2.05) is 39.8 Å². The number of nitrogens with zero attached hydrogens (tertiary/aromatic N) is 2. The highest BCUT2D eigenvalue weighted by Gasteiger charge is 2.26. The summed E-state index contributed by atoms with van der Waals surface area (Å²) in [7, 11) is 3.92. The Morgan fingerprint density at radius 1 is 0.697 bits per heavy atom. The lowest BCUT2D eigenvalue weighted by atomic mass is 9.98. The van der Waals surface area contributed by atoms with Crippen molar-refractivity contribution in [2.24, 2.45) is 32.9 Å². The molecular weight excluding hydrogens is 857 g/mol. The van der Waals surface area contributed by atoms with Crippen molar-refractivity contribution < 1.29 is 52.4 Å². The number of guanidine groups is 2. The number of benzene rings is 2. The minimum absolute atomic E-state index is 0.00351. The molecule has 2 amide bonds. The van der Waals surface area contributed by atoms with Crippen LogP contribution in [-0.4, -0.2) is 100 Å². The zero-order valence-corrected chi connectivity index (χ0v) is 39.0. The summed E-state index contributed by atoms with van der Waals surface area (Å²) in [5.74, 6) is -1.69. The van der Waals surface area contributed by atoms with Gasteiger partial charge in [-0.1, -0.05) is 23.3 Å². The van der Waals surface area contributed by atoms with E-state index in [1.165, 1.54) is 33.5 Å². The second-order valence-electron chi connectivity index (χ2n) is 15.8. The van der Waals surface area contributed by atoms with Gasteiger partial charge in [0.2, 0.25) is 17.2 Å². The fraction of sp³-hybridized carbons (Fsp3) is 0.500. The molecule has 11 N–H and O–H groups in total. The van der Waals surface area contributed by atoms with Crippen molar-refractivity contribution in [2.75, 3.05) is 47.6 Å². The minimum atomic E-state index is -0.893. The molecule has 0 unspecified atom stereocenters. The second kappa shape index (κ2) is 26.7. The fourth-order valence-corrected chi connectivity index (χ4v) is 6.82. The van der Waals surface area contributed by atoms with Crippen LogP contribution in [0, 0.1) is 0 Å². The molecule has 0 bridgehead atoms. The maximum Gasteiger partial charge on any atom is 0.328 e. The first-order valence-electron chi connectivity index (χ1n) is 21.6. The maximum absolute atomic E-state index is 14.6. The molecule has 0 saturated heterocycles. The number of ether oxygens (including phenoxy) is 5. The van der Waals surface area contributed by atoms with Gasteiger partial charge in [-0.25, -0.2) is 9.59 Å². The quantitative estimate of drug-likeness (QED) is 0.0144. The van der Waals surface area contributed by atoms with Gasteiger partial charge in [0.1, 0.15) is 40.1 Å². The van der Waals surface area contributed by atoms with Gasteiger partial charge in [0, 0.05) is 49.2 Å². The lowest BCUT2D eigenvalue weighted by Crippen LogP contribution is -2.41. The van der Waals surface area contributed by atoms with Gasteiger partial charge in [-0.2, -0.15) is 0 Å². The molecule has 66 heavy (non-hydrogen) atoms. The van der Waals surface area contributed by atoms with E-state index in [4.69, 9.17) is 51.0 Å². The van der Waals surface area contributed by atoms with E-state index < -0.39 is 41.3 Å². The van der Waals surface area contributed by atoms with E-state index in [9.17, 15) is 29.1 Å². The Kier molecular flexibility index (Phi) is 21.6. The molecule has 3 aromatic rings. The largest absolute Gasteiger partial charge is 0.507 e. The topological polar surface area (TPSA) is 318 Å². The van der Waals surface area contributed by atoms with Crippen molar-refractivity contribution >= 4 is 57.6 Å². The predicted octanol–water partition coefficient (Wildman–Crippen LogP) is 3.42. The summed E-state index contributed by atoms with van der Waals surface area (Å²) < 4.78 is 34.3. The SMILES string of the molecule is COC(=O)[C@H](CCCN=C(N)N)NC(=O)CCCOc1cc2oc3cc(OCCCC(=O)N[C@H](CCCN=C(N)N)C(=O)OC)c(CC=C(C)C)c(O)c3c(=O)c2c(CC=C(C)C)c1OC. The Morgan fingerprint density at radius 2 is 1.15 bits per heavy atom. The number of esters is 2. The van der Waals surface area contributed by atoms with Gasteiger partial charge in [-0.05, 0) is 79.1 Å². The van der Waals surface area contributed by atoms with Crippen molar-refractivity contribution in [1.82, 2.24) is 10.6 Å². The molecule has 20 heteroatoms. The van der Waals surface area contributed by atoms with Crippen LogP contribution in [0.15, 0.2) is 54.6 Å². The highest BCUT2D eigenvalue weighted by atomic mass is 16.5. The van der Waals surface area contributed by atoms with Gasteiger partial charge in [-0.3, -0.25) is 24.4 Å². The monoisotopic (exact) mass is 922 g/mol. The Hall–Kier alpha value is -6.99. The number of hydrogen-bond acceptors (Lipinski definition) is 14. The lowest BCUT2D eigenvalue weighted by Gasteiger charge is -2.18. The van der Waals surface area contributed by atoms with Gasteiger partial charge < -0.3 is 66.8 Å². The third kappa shape index (κ3) is 16.2. The molecule has 3 rings (SSSR count). The van der Waals surface area contributed by atoms with Crippen LogP contribution in [0.1, 0.15) is 90.2 Å². The number of methoxy groups -OCH3 is 3. The number of carbonyl (C=O) groups is 4. The number of phenolic OH excluding ortho intramolecular Hbond substituents is 1. The van der Waals surface area contributed by atoms with Crippen molar-refractivity contribution in [3.8, 4) is 23.0 Å². The van der Waals surface area contributed by atoms with Crippen molar-refractivity contribution in [3.05, 3.63) is 56.8 Å². The molecular formula is C46H66N8O12. The standard InChI is InChI=1S/C46H66N8O12/c1-26(2)16-18-28-32(64-22-10-14-36(55)53-30(43(59)62-6)12-8-20-51-45(47)48)24-34-39(40(28)57)41(58)38-29(19-17-27(3)4)42(61-5)35(25-33(38)66-34)65-23-11-15-37(56)54-31(44(60)63-7)13-9-21-52-46(49)50/h16-17,24-25,30-31,57H,8-15,18-23H2,1-7H3,(H,53,55)(H,54,56)(H4,47,48,51)(H4,49,50,52)/t30-,31+/m1/s1. The molecule has 0 spiro atoms. The first-order chi connectivity index (χ1) is 31.4. The first kappa shape index (κ1) is 53.3. The molecule has 0 fully saturated rings. The van der Waals surface area contributed by atoms with E-state index in [1.54, 1.807) is 0 Å². The number of rotatable bonds is 27. The zero-order chi connectivity index (χ0) is 48.9. The van der Waals surface area contributed by atoms with Crippen LogP contribution >= 0.6 is 0 Å². The summed E-state index contributed by atoms with van der Waals surface area (Å²) in [5.41, 5.74) is 23.9. The average Bonchev–Trinajstić information content (AvgIpc) is 3.26. The average molecular weight is 923 g/mol. The summed E-state index contributed by atoms with van der Waals surface area (Å²) in [4.78, 5) is 72.8. The maximum atomic E-state index is 14.6. The third-order valence-corrected chi connectivity index (χ3v) is 10.1. The van der Waals surface area contributed by atoms with Crippen molar-refractivity contribution in [2.45, 2.75) is 104 Å². The number of phenols is 1. The summed E-state index contributed by atoms with van der Waals surface area (Å²) in [6.45, 7) is 8.28. The molecule has 20 nitrogen and oxygen atoms in total. The van der Waals surface area contributed by atoms with Gasteiger partial charge in [0.05, 0.1) is 39.9 Å². The normalized spacial score (nSPS) is 11.7. The Morgan fingerprint density at radius 3 is 1.61 bits per heavy atom. The summed E-state index contributed by atoms with van der Waals surface area (Å²) in [5, 5.41) is 17.3. The molecule has 1 heterocycles. The Bertz CT molecular complexity index is 2360. The second-order valence-corrected chi connectivity index (χ2v) is 15.8. The number of carbonyl (C=O) groups excluding carboxylic acids is 4. The van der Waals surface area contributed by atoms with E-state index in [-0.39, 0.29) is 135 Å². The number of amides is 2. The number of hydrogen-bond donors (Lipinski definition) is 7. The smallest absolute Gasteiger partial charge is 0.328 e. The lowest BCUT2D eigenvalue weighted by molar-refractivity contribution is -0.145. The van der Waals surface area contributed by atoms with Gasteiger partial charge in [-0.15, -0.1) is 0 Å². The Balaban J connectivity index is 1.93. The molecule has 362 valence electrons. The molecule has 0 radical (unpaired) electrons. The van der Waals surface area contributed by atoms with Crippen molar-refractivity contribution in [3.63, 3.8) is 0 Å². The van der Waals surface area contributed by atoms with Crippen LogP contribution in [0.4, 0.5) is 0 Å². The van der Waals surface area contributed by atoms with E-state index in [0.717, 1.165) is 11.1 Å². The van der Waals surface area contributed by atoms with Gasteiger partial charge >= 0.3 is 11.9 Å². The fourth-order valence-electron chi connectivity index (χ4n) is 6.82. The molecule has 0 aliphatic carbocycles. The Labute approximate surface area is 384 Å². The van der Waals surface area contributed by atoms with Crippen LogP contribution in [-0.2, 0) is 41.5 Å². The van der Waals surface area contributed by atoms with Crippen LogP contribution in [0.25, 0.3) is 21.9 Å². The van der Waals surface area contributed by atoms with Crippen LogP contribution in [0.2, 0.25) is 0 Å². The van der Waals surface area contributed by atoms with Crippen LogP contribution in [0.5, 0.6) is 23.0 Å². The highest BCUT2D eigenvalue weighted by Crippen LogP contribution is 2.42.